The molecule has 3 nitrogen and oxygen atoms in total. The molecule has 1 rings (SSSR count). The minimum Gasteiger partial charge on any atom is -0.317 e. The Morgan fingerprint density at radius 1 is 1.36 bits per heavy atom. The van der Waals surface area contributed by atoms with E-state index >= 15 is 0 Å². The first-order valence-electron chi connectivity index (χ1n) is 5.32. The first-order valence-corrected chi connectivity index (χ1v) is 5.32. The lowest BCUT2D eigenvalue weighted by Crippen LogP contribution is -2.23. The van der Waals surface area contributed by atoms with Crippen molar-refractivity contribution in [2.24, 2.45) is 5.92 Å². The van der Waals surface area contributed by atoms with Crippen molar-refractivity contribution in [2.75, 3.05) is 7.05 Å². The molecule has 1 heterocycles. The monoisotopic (exact) mass is 195 g/mol. The molecular formula is C11H21N3. The van der Waals surface area contributed by atoms with Crippen LogP contribution in [0.4, 0.5) is 0 Å². The maximum absolute atomic E-state index is 4.29. The van der Waals surface area contributed by atoms with Crippen molar-refractivity contribution in [3.63, 3.8) is 0 Å². The number of hydrogen-bond donors (Lipinski definition) is 2. The second kappa shape index (κ2) is 5.15. The van der Waals surface area contributed by atoms with E-state index in [4.69, 9.17) is 0 Å². The molecule has 0 bridgehead atoms. The molecule has 1 unspecified atom stereocenters. The van der Waals surface area contributed by atoms with Crippen molar-refractivity contribution in [3.8, 4) is 0 Å². The van der Waals surface area contributed by atoms with Gasteiger partial charge in [0, 0.05) is 18.2 Å². The van der Waals surface area contributed by atoms with Crippen LogP contribution in [0.25, 0.3) is 0 Å². The van der Waals surface area contributed by atoms with Crippen molar-refractivity contribution < 1.29 is 0 Å². The van der Waals surface area contributed by atoms with E-state index < -0.39 is 0 Å². The van der Waals surface area contributed by atoms with Crippen LogP contribution < -0.4 is 5.32 Å². The van der Waals surface area contributed by atoms with Gasteiger partial charge in [0.05, 0.1) is 5.69 Å². The molecule has 2 N–H and O–H groups in total. The van der Waals surface area contributed by atoms with Crippen molar-refractivity contribution >= 4 is 0 Å². The number of aromatic nitrogens is 2. The number of H-pyrrole nitrogens is 1. The Morgan fingerprint density at radius 3 is 2.64 bits per heavy atom. The number of likely N-dealkylation sites (N-methyl/N-ethyl adjacent to an activating group) is 1. The molecule has 80 valence electrons. The smallest absolute Gasteiger partial charge is 0.0640 e. The molecular weight excluding hydrogens is 174 g/mol. The zero-order valence-corrected chi connectivity index (χ0v) is 9.59. The Morgan fingerprint density at radius 2 is 2.07 bits per heavy atom. The van der Waals surface area contributed by atoms with Gasteiger partial charge < -0.3 is 5.32 Å². The van der Waals surface area contributed by atoms with E-state index in [0.29, 0.717) is 12.0 Å². The molecule has 0 saturated carbocycles. The first-order chi connectivity index (χ1) is 6.61. The lowest BCUT2D eigenvalue weighted by atomic mass is 10.1. The van der Waals surface area contributed by atoms with Crippen LogP contribution in [-0.4, -0.2) is 23.3 Å². The Balaban J connectivity index is 2.50. The highest BCUT2D eigenvalue weighted by molar-refractivity contribution is 5.10. The van der Waals surface area contributed by atoms with Crippen LogP contribution in [0.3, 0.4) is 0 Å². The Labute approximate surface area is 86.3 Å². The van der Waals surface area contributed by atoms with E-state index in [1.54, 1.807) is 0 Å². The summed E-state index contributed by atoms with van der Waals surface area (Å²) < 4.78 is 0. The van der Waals surface area contributed by atoms with Gasteiger partial charge >= 0.3 is 0 Å². The number of nitrogens with zero attached hydrogens (tertiary/aromatic N) is 1. The highest BCUT2D eigenvalue weighted by Crippen LogP contribution is 2.08. The van der Waals surface area contributed by atoms with E-state index in [1.807, 2.05) is 7.05 Å². The summed E-state index contributed by atoms with van der Waals surface area (Å²) in [7, 11) is 1.98. The van der Waals surface area contributed by atoms with Crippen molar-refractivity contribution in [3.05, 3.63) is 17.5 Å². The highest BCUT2D eigenvalue weighted by Gasteiger charge is 2.06. The molecule has 14 heavy (non-hydrogen) atoms. The van der Waals surface area contributed by atoms with Crippen LogP contribution in [0.1, 0.15) is 32.2 Å². The van der Waals surface area contributed by atoms with Gasteiger partial charge in [-0.2, -0.15) is 5.10 Å². The largest absolute Gasteiger partial charge is 0.317 e. The number of hydrogen-bond acceptors (Lipinski definition) is 2. The zero-order valence-electron chi connectivity index (χ0n) is 9.59. The fraction of sp³-hybridized carbons (Fsp3) is 0.727. The van der Waals surface area contributed by atoms with Gasteiger partial charge in [-0.15, -0.1) is 0 Å². The summed E-state index contributed by atoms with van der Waals surface area (Å²) >= 11 is 0. The summed E-state index contributed by atoms with van der Waals surface area (Å²) in [4.78, 5) is 0. The maximum atomic E-state index is 4.29. The average molecular weight is 195 g/mol. The molecule has 0 fully saturated rings. The van der Waals surface area contributed by atoms with Crippen LogP contribution in [0.2, 0.25) is 0 Å². The predicted molar refractivity (Wildman–Crippen MR) is 59.4 cm³/mol. The predicted octanol–water partition coefficient (Wildman–Crippen LogP) is 1.76. The van der Waals surface area contributed by atoms with Gasteiger partial charge in [-0.05, 0) is 32.4 Å². The molecule has 0 aliphatic carbocycles. The van der Waals surface area contributed by atoms with Crippen LogP contribution in [0, 0.1) is 5.92 Å². The molecule has 0 spiro atoms. The summed E-state index contributed by atoms with van der Waals surface area (Å²) in [5.74, 6) is 0.685. The standard InChI is InChI=1S/C11H21N3/c1-8(2)5-10-7-11(14-13-10)6-9(3)12-4/h7-9,12H,5-6H2,1-4H3,(H,13,14). The van der Waals surface area contributed by atoms with Gasteiger partial charge in [-0.1, -0.05) is 13.8 Å². The summed E-state index contributed by atoms with van der Waals surface area (Å²) in [6, 6.07) is 2.67. The molecule has 0 radical (unpaired) electrons. The third-order valence-corrected chi connectivity index (χ3v) is 2.32. The van der Waals surface area contributed by atoms with Gasteiger partial charge in [0.2, 0.25) is 0 Å². The lowest BCUT2D eigenvalue weighted by molar-refractivity contribution is 0.599. The summed E-state index contributed by atoms with van der Waals surface area (Å²) in [6.45, 7) is 6.60. The quantitative estimate of drug-likeness (QED) is 0.751. The summed E-state index contributed by atoms with van der Waals surface area (Å²) in [6.07, 6.45) is 2.08. The minimum absolute atomic E-state index is 0.491. The molecule has 0 amide bonds. The Bertz CT molecular complexity index is 265. The second-order valence-corrected chi connectivity index (χ2v) is 4.38. The molecule has 0 aliphatic heterocycles. The molecule has 3 heteroatoms. The molecule has 1 aromatic heterocycles. The average Bonchev–Trinajstić information content (AvgIpc) is 2.51. The fourth-order valence-electron chi connectivity index (χ4n) is 1.47. The SMILES string of the molecule is CNC(C)Cc1cc(CC(C)C)[nH]n1. The Hall–Kier alpha value is -0.830. The number of nitrogens with one attached hydrogen (secondary N) is 2. The minimum atomic E-state index is 0.491. The Kier molecular flexibility index (Phi) is 4.14. The van der Waals surface area contributed by atoms with Gasteiger partial charge in [-0.25, -0.2) is 0 Å². The summed E-state index contributed by atoms with van der Waals surface area (Å²) in [5, 5.41) is 10.6. The van der Waals surface area contributed by atoms with Gasteiger partial charge in [0.25, 0.3) is 0 Å². The van der Waals surface area contributed by atoms with E-state index in [1.165, 1.54) is 5.69 Å². The van der Waals surface area contributed by atoms with E-state index in [-0.39, 0.29) is 0 Å². The topological polar surface area (TPSA) is 40.7 Å². The van der Waals surface area contributed by atoms with Crippen molar-refractivity contribution in [1.29, 1.82) is 0 Å². The second-order valence-electron chi connectivity index (χ2n) is 4.38. The van der Waals surface area contributed by atoms with Crippen molar-refractivity contribution in [1.82, 2.24) is 15.5 Å². The van der Waals surface area contributed by atoms with Crippen LogP contribution in [-0.2, 0) is 12.8 Å². The molecule has 1 aromatic rings. The fourth-order valence-corrected chi connectivity index (χ4v) is 1.47. The number of aromatic amines is 1. The molecule has 1 atom stereocenters. The maximum Gasteiger partial charge on any atom is 0.0640 e. The van der Waals surface area contributed by atoms with E-state index in [2.05, 4.69) is 42.4 Å². The van der Waals surface area contributed by atoms with Gasteiger partial charge in [-0.3, -0.25) is 5.10 Å². The highest BCUT2D eigenvalue weighted by atomic mass is 15.1. The first kappa shape index (κ1) is 11.2. The van der Waals surface area contributed by atoms with Gasteiger partial charge in [0.1, 0.15) is 0 Å². The third kappa shape index (κ3) is 3.50. The molecule has 0 aromatic carbocycles. The van der Waals surface area contributed by atoms with Crippen LogP contribution >= 0.6 is 0 Å². The summed E-state index contributed by atoms with van der Waals surface area (Å²) in [5.41, 5.74) is 2.40. The lowest BCUT2D eigenvalue weighted by Gasteiger charge is -2.06. The van der Waals surface area contributed by atoms with E-state index in [9.17, 15) is 0 Å². The van der Waals surface area contributed by atoms with Crippen LogP contribution in [0.15, 0.2) is 6.07 Å². The molecule has 0 aliphatic rings. The third-order valence-electron chi connectivity index (χ3n) is 2.32. The normalized spacial score (nSPS) is 13.5. The zero-order chi connectivity index (χ0) is 10.6. The molecule has 0 saturated heterocycles. The van der Waals surface area contributed by atoms with E-state index in [0.717, 1.165) is 18.5 Å². The number of rotatable bonds is 5. The van der Waals surface area contributed by atoms with Crippen LogP contribution in [0.5, 0.6) is 0 Å². The van der Waals surface area contributed by atoms with Gasteiger partial charge in [0.15, 0.2) is 0 Å². The van der Waals surface area contributed by atoms with Crippen molar-refractivity contribution in [2.45, 2.75) is 39.7 Å².